The Morgan fingerprint density at radius 3 is 2.83 bits per heavy atom. The van der Waals surface area contributed by atoms with E-state index in [4.69, 9.17) is 4.74 Å². The van der Waals surface area contributed by atoms with Crippen LogP contribution in [-0.2, 0) is 12.8 Å². The Hall–Kier alpha value is -2.29. The summed E-state index contributed by atoms with van der Waals surface area (Å²) in [7, 11) is 1.67. The second-order valence-corrected chi connectivity index (χ2v) is 5.96. The SMILES string of the molecule is CCc1cc(C(=O)CN2CCCc3ccccc32)ccc1OC. The molecular formula is C20H23NO2. The van der Waals surface area contributed by atoms with E-state index in [-0.39, 0.29) is 5.78 Å². The molecule has 0 amide bonds. The highest BCUT2D eigenvalue weighted by molar-refractivity contribution is 5.99. The molecule has 1 aliphatic heterocycles. The van der Waals surface area contributed by atoms with E-state index in [9.17, 15) is 4.79 Å². The zero-order chi connectivity index (χ0) is 16.2. The molecule has 3 rings (SSSR count). The van der Waals surface area contributed by atoms with Crippen LogP contribution in [-0.4, -0.2) is 26.0 Å². The van der Waals surface area contributed by atoms with E-state index in [1.54, 1.807) is 7.11 Å². The molecule has 0 fully saturated rings. The van der Waals surface area contributed by atoms with Crippen LogP contribution in [0.1, 0.15) is 34.8 Å². The molecule has 0 atom stereocenters. The number of carbonyl (C=O) groups is 1. The summed E-state index contributed by atoms with van der Waals surface area (Å²) in [5.41, 5.74) is 4.40. The molecule has 1 heterocycles. The Labute approximate surface area is 137 Å². The Morgan fingerprint density at radius 2 is 2.04 bits per heavy atom. The van der Waals surface area contributed by atoms with E-state index in [1.807, 2.05) is 24.3 Å². The number of ether oxygens (including phenoxy) is 1. The van der Waals surface area contributed by atoms with Crippen LogP contribution < -0.4 is 9.64 Å². The standard InChI is InChI=1S/C20H23NO2/c1-3-15-13-17(10-11-20(15)23-2)19(22)14-21-12-6-8-16-7-4-5-9-18(16)21/h4-5,7,9-11,13H,3,6,8,12,14H2,1-2H3. The molecule has 1 aliphatic rings. The van der Waals surface area contributed by atoms with Crippen molar-refractivity contribution in [2.75, 3.05) is 25.1 Å². The van der Waals surface area contributed by atoms with E-state index in [0.29, 0.717) is 6.54 Å². The molecule has 0 saturated carbocycles. The van der Waals surface area contributed by atoms with Gasteiger partial charge in [-0.3, -0.25) is 4.79 Å². The van der Waals surface area contributed by atoms with Crippen molar-refractivity contribution in [3.05, 3.63) is 59.2 Å². The van der Waals surface area contributed by atoms with Crippen molar-refractivity contribution in [2.24, 2.45) is 0 Å². The van der Waals surface area contributed by atoms with Crippen LogP contribution in [0, 0.1) is 0 Å². The van der Waals surface area contributed by atoms with Gasteiger partial charge in [0.2, 0.25) is 0 Å². The van der Waals surface area contributed by atoms with Crippen LogP contribution in [0.5, 0.6) is 5.75 Å². The number of carbonyl (C=O) groups excluding carboxylic acids is 1. The summed E-state index contributed by atoms with van der Waals surface area (Å²) < 4.78 is 5.35. The molecule has 0 saturated heterocycles. The van der Waals surface area contributed by atoms with E-state index >= 15 is 0 Å². The van der Waals surface area contributed by atoms with Gasteiger partial charge in [-0.25, -0.2) is 0 Å². The van der Waals surface area contributed by atoms with E-state index in [1.165, 1.54) is 11.3 Å². The number of anilines is 1. The number of aryl methyl sites for hydroxylation is 2. The lowest BCUT2D eigenvalue weighted by Crippen LogP contribution is -2.34. The quantitative estimate of drug-likeness (QED) is 0.785. The summed E-state index contributed by atoms with van der Waals surface area (Å²) in [4.78, 5) is 14.9. The summed E-state index contributed by atoms with van der Waals surface area (Å²) in [6.45, 7) is 3.46. The molecular weight excluding hydrogens is 286 g/mol. The molecule has 0 unspecified atom stereocenters. The molecule has 2 aromatic carbocycles. The first kappa shape index (κ1) is 15.6. The summed E-state index contributed by atoms with van der Waals surface area (Å²) in [6, 6.07) is 14.1. The number of rotatable bonds is 5. The lowest BCUT2D eigenvalue weighted by molar-refractivity contribution is 0.0998. The third-order valence-corrected chi connectivity index (χ3v) is 4.52. The van der Waals surface area contributed by atoms with Crippen molar-refractivity contribution < 1.29 is 9.53 Å². The molecule has 0 N–H and O–H groups in total. The summed E-state index contributed by atoms with van der Waals surface area (Å²) in [5.74, 6) is 1.02. The van der Waals surface area contributed by atoms with Gasteiger partial charge >= 0.3 is 0 Å². The highest BCUT2D eigenvalue weighted by Crippen LogP contribution is 2.27. The van der Waals surface area contributed by atoms with Crippen molar-refractivity contribution in [3.63, 3.8) is 0 Å². The van der Waals surface area contributed by atoms with Crippen molar-refractivity contribution in [1.29, 1.82) is 0 Å². The Morgan fingerprint density at radius 1 is 1.22 bits per heavy atom. The van der Waals surface area contributed by atoms with Crippen molar-refractivity contribution >= 4 is 11.5 Å². The maximum atomic E-state index is 12.7. The van der Waals surface area contributed by atoms with Gasteiger partial charge < -0.3 is 9.64 Å². The van der Waals surface area contributed by atoms with Gasteiger partial charge in [-0.15, -0.1) is 0 Å². The molecule has 0 spiro atoms. The molecule has 23 heavy (non-hydrogen) atoms. The molecule has 0 radical (unpaired) electrons. The highest BCUT2D eigenvalue weighted by atomic mass is 16.5. The second-order valence-electron chi connectivity index (χ2n) is 5.96. The summed E-state index contributed by atoms with van der Waals surface area (Å²) >= 11 is 0. The Bertz CT molecular complexity index is 709. The molecule has 0 aliphatic carbocycles. The average molecular weight is 309 g/mol. The van der Waals surface area contributed by atoms with Gasteiger partial charge in [-0.05, 0) is 54.7 Å². The predicted octanol–water partition coefficient (Wildman–Crippen LogP) is 3.89. The predicted molar refractivity (Wildman–Crippen MR) is 93.7 cm³/mol. The fourth-order valence-electron chi connectivity index (χ4n) is 3.27. The first-order chi connectivity index (χ1) is 11.2. The van der Waals surface area contributed by atoms with Crippen molar-refractivity contribution in [1.82, 2.24) is 0 Å². The van der Waals surface area contributed by atoms with E-state index in [2.05, 4.69) is 30.0 Å². The normalized spacial score (nSPS) is 13.6. The van der Waals surface area contributed by atoms with Crippen LogP contribution in [0.2, 0.25) is 0 Å². The lowest BCUT2D eigenvalue weighted by Gasteiger charge is -2.30. The van der Waals surface area contributed by atoms with Crippen LogP contribution in [0.25, 0.3) is 0 Å². The van der Waals surface area contributed by atoms with Gasteiger partial charge in [-0.2, -0.15) is 0 Å². The Balaban J connectivity index is 1.80. The molecule has 2 aromatic rings. The zero-order valence-electron chi connectivity index (χ0n) is 13.8. The van der Waals surface area contributed by atoms with Gasteiger partial charge in [0.05, 0.1) is 13.7 Å². The first-order valence-electron chi connectivity index (χ1n) is 8.26. The smallest absolute Gasteiger partial charge is 0.182 e. The Kier molecular flexibility index (Phi) is 4.65. The van der Waals surface area contributed by atoms with Crippen LogP contribution in [0.4, 0.5) is 5.69 Å². The number of nitrogens with zero attached hydrogens (tertiary/aromatic N) is 1. The minimum Gasteiger partial charge on any atom is -0.496 e. The van der Waals surface area contributed by atoms with Gasteiger partial charge in [0.25, 0.3) is 0 Å². The van der Waals surface area contributed by atoms with Crippen molar-refractivity contribution in [3.8, 4) is 5.75 Å². The molecule has 120 valence electrons. The molecule has 0 aromatic heterocycles. The van der Waals surface area contributed by atoms with Gasteiger partial charge in [-0.1, -0.05) is 25.1 Å². The van der Waals surface area contributed by atoms with E-state index < -0.39 is 0 Å². The lowest BCUT2D eigenvalue weighted by atomic mass is 10.00. The summed E-state index contributed by atoms with van der Waals surface area (Å²) in [6.07, 6.45) is 3.06. The average Bonchev–Trinajstić information content (AvgIpc) is 2.61. The molecule has 3 nitrogen and oxygen atoms in total. The highest BCUT2D eigenvalue weighted by Gasteiger charge is 2.19. The first-order valence-corrected chi connectivity index (χ1v) is 8.26. The van der Waals surface area contributed by atoms with Crippen molar-refractivity contribution in [2.45, 2.75) is 26.2 Å². The van der Waals surface area contributed by atoms with Gasteiger partial charge in [0, 0.05) is 17.8 Å². The molecule has 0 bridgehead atoms. The van der Waals surface area contributed by atoms with Crippen LogP contribution in [0.3, 0.4) is 0 Å². The zero-order valence-corrected chi connectivity index (χ0v) is 13.8. The number of fused-ring (bicyclic) bond motifs is 1. The fourth-order valence-corrected chi connectivity index (χ4v) is 3.27. The van der Waals surface area contributed by atoms with E-state index in [0.717, 1.165) is 42.7 Å². The summed E-state index contributed by atoms with van der Waals surface area (Å²) in [5, 5.41) is 0. The van der Waals surface area contributed by atoms with Crippen LogP contribution >= 0.6 is 0 Å². The maximum Gasteiger partial charge on any atom is 0.182 e. The second kappa shape index (κ2) is 6.86. The number of Topliss-reactive ketones (excluding diaryl/α,β-unsaturated/α-hetero) is 1. The molecule has 3 heteroatoms. The number of para-hydroxylation sites is 1. The fraction of sp³-hybridized carbons (Fsp3) is 0.350. The van der Waals surface area contributed by atoms with Crippen LogP contribution in [0.15, 0.2) is 42.5 Å². The minimum atomic E-state index is 0.166. The number of methoxy groups -OCH3 is 1. The number of benzene rings is 2. The number of ketones is 1. The van der Waals surface area contributed by atoms with Gasteiger partial charge in [0.1, 0.15) is 5.75 Å². The third-order valence-electron chi connectivity index (χ3n) is 4.52. The number of hydrogen-bond donors (Lipinski definition) is 0. The monoisotopic (exact) mass is 309 g/mol. The topological polar surface area (TPSA) is 29.5 Å². The third kappa shape index (κ3) is 3.24. The number of hydrogen-bond acceptors (Lipinski definition) is 3. The van der Waals surface area contributed by atoms with Gasteiger partial charge in [0.15, 0.2) is 5.78 Å². The minimum absolute atomic E-state index is 0.166. The maximum absolute atomic E-state index is 12.7. The largest absolute Gasteiger partial charge is 0.496 e.